The van der Waals surface area contributed by atoms with Crippen molar-refractivity contribution in [2.75, 3.05) is 0 Å². The van der Waals surface area contributed by atoms with Crippen molar-refractivity contribution in [2.45, 2.75) is 58.5 Å². The lowest BCUT2D eigenvalue weighted by atomic mass is 10.00. The first-order valence-electron chi connectivity index (χ1n) is 4.96. The van der Waals surface area contributed by atoms with E-state index in [-0.39, 0.29) is 0 Å². The Morgan fingerprint density at radius 1 is 1.18 bits per heavy atom. The highest BCUT2D eigenvalue weighted by molar-refractivity contribution is 4.77. The van der Waals surface area contributed by atoms with Gasteiger partial charge < -0.3 is 5.32 Å². The maximum absolute atomic E-state index is 3.68. The van der Waals surface area contributed by atoms with Gasteiger partial charge in [0.25, 0.3) is 0 Å². The van der Waals surface area contributed by atoms with Crippen LogP contribution in [0, 0.1) is 5.92 Å². The number of hydrogen-bond donors (Lipinski definition) is 1. The second kappa shape index (κ2) is 4.10. The van der Waals surface area contributed by atoms with E-state index in [1.807, 2.05) is 0 Å². The van der Waals surface area contributed by atoms with Gasteiger partial charge in [-0.1, -0.05) is 26.7 Å². The predicted molar refractivity (Wildman–Crippen MR) is 49.7 cm³/mol. The van der Waals surface area contributed by atoms with Crippen molar-refractivity contribution >= 4 is 0 Å². The molecule has 0 aromatic heterocycles. The molecule has 0 saturated carbocycles. The summed E-state index contributed by atoms with van der Waals surface area (Å²) in [6.45, 7) is 6.94. The zero-order chi connectivity index (χ0) is 8.27. The van der Waals surface area contributed by atoms with Crippen LogP contribution in [0.3, 0.4) is 0 Å². The van der Waals surface area contributed by atoms with Crippen molar-refractivity contribution in [3.8, 4) is 0 Å². The van der Waals surface area contributed by atoms with Crippen LogP contribution in [0.15, 0.2) is 0 Å². The molecule has 1 aliphatic heterocycles. The largest absolute Gasteiger partial charge is 0.311 e. The lowest BCUT2D eigenvalue weighted by Crippen LogP contribution is -2.38. The minimum atomic E-state index is 0.741. The van der Waals surface area contributed by atoms with Gasteiger partial charge in [-0.2, -0.15) is 0 Å². The highest BCUT2D eigenvalue weighted by atomic mass is 14.9. The Hall–Kier alpha value is -0.0400. The molecule has 1 fully saturated rings. The maximum Gasteiger partial charge on any atom is 0.00925 e. The summed E-state index contributed by atoms with van der Waals surface area (Å²) in [6.07, 6.45) is 5.57. The molecule has 66 valence electrons. The number of hydrogen-bond acceptors (Lipinski definition) is 1. The zero-order valence-corrected chi connectivity index (χ0v) is 8.06. The second-order valence-electron chi connectivity index (χ2n) is 4.20. The summed E-state index contributed by atoms with van der Waals surface area (Å²) in [7, 11) is 0. The first-order chi connectivity index (χ1) is 5.20. The molecule has 1 heteroatoms. The van der Waals surface area contributed by atoms with Crippen LogP contribution in [-0.4, -0.2) is 12.1 Å². The molecule has 1 saturated heterocycles. The van der Waals surface area contributed by atoms with Crippen LogP contribution >= 0.6 is 0 Å². The lowest BCUT2D eigenvalue weighted by Gasteiger charge is -2.22. The third kappa shape index (κ3) is 2.82. The first kappa shape index (κ1) is 9.05. The summed E-state index contributed by atoms with van der Waals surface area (Å²) < 4.78 is 0. The molecule has 2 atom stereocenters. The Kier molecular flexibility index (Phi) is 3.38. The van der Waals surface area contributed by atoms with E-state index >= 15 is 0 Å². The van der Waals surface area contributed by atoms with Gasteiger partial charge in [-0.05, 0) is 25.7 Å². The zero-order valence-electron chi connectivity index (χ0n) is 8.06. The molecule has 0 bridgehead atoms. The first-order valence-corrected chi connectivity index (χ1v) is 4.96. The van der Waals surface area contributed by atoms with Crippen LogP contribution < -0.4 is 5.32 Å². The van der Waals surface area contributed by atoms with Gasteiger partial charge in [0, 0.05) is 12.1 Å². The molecule has 0 aromatic carbocycles. The van der Waals surface area contributed by atoms with Crippen molar-refractivity contribution in [1.82, 2.24) is 5.32 Å². The van der Waals surface area contributed by atoms with E-state index in [1.165, 1.54) is 25.7 Å². The van der Waals surface area contributed by atoms with Crippen molar-refractivity contribution in [3.05, 3.63) is 0 Å². The van der Waals surface area contributed by atoms with Gasteiger partial charge in [0.05, 0.1) is 0 Å². The van der Waals surface area contributed by atoms with Gasteiger partial charge in [-0.15, -0.1) is 0 Å². The summed E-state index contributed by atoms with van der Waals surface area (Å²) in [5.41, 5.74) is 0. The third-order valence-corrected chi connectivity index (χ3v) is 2.71. The molecule has 0 amide bonds. The Bertz CT molecular complexity index is 109. The SMILES string of the molecule is CC1CCCCC(C(C)C)N1. The van der Waals surface area contributed by atoms with Gasteiger partial charge in [0.2, 0.25) is 0 Å². The molecule has 0 aromatic rings. The van der Waals surface area contributed by atoms with Gasteiger partial charge >= 0.3 is 0 Å². The smallest absolute Gasteiger partial charge is 0.00925 e. The van der Waals surface area contributed by atoms with Crippen molar-refractivity contribution < 1.29 is 0 Å². The molecule has 1 rings (SSSR count). The van der Waals surface area contributed by atoms with Crippen LogP contribution in [0.2, 0.25) is 0 Å². The van der Waals surface area contributed by atoms with E-state index in [2.05, 4.69) is 26.1 Å². The molecule has 1 N–H and O–H groups in total. The highest BCUT2D eigenvalue weighted by Gasteiger charge is 2.18. The average molecular weight is 155 g/mol. The van der Waals surface area contributed by atoms with E-state index in [0.29, 0.717) is 0 Å². The molecule has 11 heavy (non-hydrogen) atoms. The van der Waals surface area contributed by atoms with E-state index in [4.69, 9.17) is 0 Å². The second-order valence-corrected chi connectivity index (χ2v) is 4.20. The Morgan fingerprint density at radius 2 is 1.82 bits per heavy atom. The fourth-order valence-corrected chi connectivity index (χ4v) is 1.87. The number of rotatable bonds is 1. The van der Waals surface area contributed by atoms with E-state index < -0.39 is 0 Å². The summed E-state index contributed by atoms with van der Waals surface area (Å²) in [6, 6.07) is 1.51. The highest BCUT2D eigenvalue weighted by Crippen LogP contribution is 2.17. The van der Waals surface area contributed by atoms with Crippen molar-refractivity contribution in [2.24, 2.45) is 5.92 Å². The van der Waals surface area contributed by atoms with E-state index in [0.717, 1.165) is 18.0 Å². The average Bonchev–Trinajstić information content (AvgIpc) is 2.13. The lowest BCUT2D eigenvalue weighted by molar-refractivity contribution is 0.362. The summed E-state index contributed by atoms with van der Waals surface area (Å²) in [5, 5.41) is 3.68. The normalized spacial score (nSPS) is 33.8. The molecule has 2 unspecified atom stereocenters. The standard InChI is InChI=1S/C10H21N/c1-8(2)10-7-5-4-6-9(3)11-10/h8-11H,4-7H2,1-3H3. The minimum absolute atomic E-state index is 0.741. The quantitative estimate of drug-likeness (QED) is 0.613. The molecule has 0 aliphatic carbocycles. The van der Waals surface area contributed by atoms with Gasteiger partial charge in [-0.3, -0.25) is 0 Å². The van der Waals surface area contributed by atoms with Gasteiger partial charge in [-0.25, -0.2) is 0 Å². The fourth-order valence-electron chi connectivity index (χ4n) is 1.87. The van der Waals surface area contributed by atoms with Crippen molar-refractivity contribution in [1.29, 1.82) is 0 Å². The Morgan fingerprint density at radius 3 is 2.45 bits per heavy atom. The predicted octanol–water partition coefficient (Wildman–Crippen LogP) is 2.56. The molecule has 0 spiro atoms. The summed E-state index contributed by atoms with van der Waals surface area (Å²) in [5.74, 6) is 0.801. The Balaban J connectivity index is 2.39. The molecule has 1 aliphatic rings. The topological polar surface area (TPSA) is 12.0 Å². The van der Waals surface area contributed by atoms with Crippen LogP contribution in [0.5, 0.6) is 0 Å². The molecular formula is C10H21N. The molecule has 1 heterocycles. The Labute approximate surface area is 70.6 Å². The monoisotopic (exact) mass is 155 g/mol. The molecular weight excluding hydrogens is 134 g/mol. The van der Waals surface area contributed by atoms with Gasteiger partial charge in [0.15, 0.2) is 0 Å². The van der Waals surface area contributed by atoms with Crippen LogP contribution in [-0.2, 0) is 0 Å². The van der Waals surface area contributed by atoms with E-state index in [1.54, 1.807) is 0 Å². The third-order valence-electron chi connectivity index (χ3n) is 2.71. The molecule has 0 radical (unpaired) electrons. The van der Waals surface area contributed by atoms with E-state index in [9.17, 15) is 0 Å². The maximum atomic E-state index is 3.68. The van der Waals surface area contributed by atoms with Crippen LogP contribution in [0.25, 0.3) is 0 Å². The fraction of sp³-hybridized carbons (Fsp3) is 1.00. The summed E-state index contributed by atoms with van der Waals surface area (Å²) >= 11 is 0. The molecule has 1 nitrogen and oxygen atoms in total. The van der Waals surface area contributed by atoms with Crippen molar-refractivity contribution in [3.63, 3.8) is 0 Å². The van der Waals surface area contributed by atoms with Gasteiger partial charge in [0.1, 0.15) is 0 Å². The minimum Gasteiger partial charge on any atom is -0.311 e. The number of nitrogens with one attached hydrogen (secondary N) is 1. The summed E-state index contributed by atoms with van der Waals surface area (Å²) in [4.78, 5) is 0. The van der Waals surface area contributed by atoms with Crippen LogP contribution in [0.4, 0.5) is 0 Å². The van der Waals surface area contributed by atoms with Crippen LogP contribution in [0.1, 0.15) is 46.5 Å².